The maximum absolute atomic E-state index is 11.8. The minimum absolute atomic E-state index is 0.122. The molecule has 0 atom stereocenters. The van der Waals surface area contributed by atoms with E-state index in [-0.39, 0.29) is 5.91 Å². The first-order chi connectivity index (χ1) is 9.29. The van der Waals surface area contributed by atoms with E-state index in [1.807, 2.05) is 6.92 Å². The zero-order valence-electron chi connectivity index (χ0n) is 11.3. The van der Waals surface area contributed by atoms with Crippen molar-refractivity contribution < 1.29 is 4.79 Å². The Kier molecular flexibility index (Phi) is 5.53. The molecule has 19 heavy (non-hydrogen) atoms. The van der Waals surface area contributed by atoms with E-state index in [0.717, 1.165) is 19.5 Å². The summed E-state index contributed by atoms with van der Waals surface area (Å²) in [5.41, 5.74) is 0. The molecule has 2 rings (SSSR count). The van der Waals surface area contributed by atoms with Gasteiger partial charge in [-0.25, -0.2) is 0 Å². The van der Waals surface area contributed by atoms with Crippen LogP contribution in [0.4, 0.5) is 5.13 Å². The standard InChI is InChI=1S/C12H21N5OS/c1-2-13-12-16-15-11(19-12)10(18)14-6-5-9-17-7-3-4-8-17/h2-9H2,1H3,(H,13,16)(H,14,18). The van der Waals surface area contributed by atoms with Crippen molar-refractivity contribution in [3.63, 3.8) is 0 Å². The second-order valence-electron chi connectivity index (χ2n) is 4.60. The van der Waals surface area contributed by atoms with E-state index in [1.54, 1.807) is 0 Å². The van der Waals surface area contributed by atoms with Gasteiger partial charge in [-0.15, -0.1) is 10.2 Å². The van der Waals surface area contributed by atoms with Gasteiger partial charge in [-0.05, 0) is 45.8 Å². The number of carbonyl (C=O) groups excluding carboxylic acids is 1. The molecule has 6 nitrogen and oxygen atoms in total. The number of anilines is 1. The van der Waals surface area contributed by atoms with Gasteiger partial charge in [0.25, 0.3) is 5.91 Å². The molecule has 0 aliphatic carbocycles. The summed E-state index contributed by atoms with van der Waals surface area (Å²) in [7, 11) is 0. The fourth-order valence-corrected chi connectivity index (χ4v) is 2.85. The van der Waals surface area contributed by atoms with Gasteiger partial charge in [-0.2, -0.15) is 0 Å². The molecule has 0 radical (unpaired) electrons. The van der Waals surface area contributed by atoms with Crippen LogP contribution in [0.3, 0.4) is 0 Å². The van der Waals surface area contributed by atoms with Crippen LogP contribution < -0.4 is 10.6 Å². The minimum Gasteiger partial charge on any atom is -0.360 e. The lowest BCUT2D eigenvalue weighted by molar-refractivity contribution is 0.0951. The van der Waals surface area contributed by atoms with E-state index in [2.05, 4.69) is 25.7 Å². The second-order valence-corrected chi connectivity index (χ2v) is 5.58. The van der Waals surface area contributed by atoms with Crippen LogP contribution in [-0.4, -0.2) is 53.7 Å². The van der Waals surface area contributed by atoms with E-state index in [4.69, 9.17) is 0 Å². The smallest absolute Gasteiger partial charge is 0.282 e. The van der Waals surface area contributed by atoms with E-state index in [0.29, 0.717) is 16.7 Å². The Bertz CT molecular complexity index is 403. The summed E-state index contributed by atoms with van der Waals surface area (Å²) in [4.78, 5) is 14.3. The van der Waals surface area contributed by atoms with Crippen molar-refractivity contribution in [1.29, 1.82) is 0 Å². The van der Waals surface area contributed by atoms with Gasteiger partial charge in [0.2, 0.25) is 10.1 Å². The molecule has 0 aromatic carbocycles. The highest BCUT2D eigenvalue weighted by Gasteiger charge is 2.13. The van der Waals surface area contributed by atoms with Gasteiger partial charge in [0.15, 0.2) is 0 Å². The molecule has 0 unspecified atom stereocenters. The van der Waals surface area contributed by atoms with Crippen molar-refractivity contribution >= 4 is 22.4 Å². The Hall–Kier alpha value is -1.21. The van der Waals surface area contributed by atoms with Gasteiger partial charge in [-0.1, -0.05) is 11.3 Å². The Balaban J connectivity index is 1.65. The lowest BCUT2D eigenvalue weighted by atomic mass is 10.4. The van der Waals surface area contributed by atoms with Gasteiger partial charge in [-0.3, -0.25) is 4.79 Å². The lowest BCUT2D eigenvalue weighted by Crippen LogP contribution is -2.28. The quantitative estimate of drug-likeness (QED) is 0.736. The van der Waals surface area contributed by atoms with Crippen LogP contribution in [0.2, 0.25) is 0 Å². The van der Waals surface area contributed by atoms with Gasteiger partial charge in [0.1, 0.15) is 0 Å². The van der Waals surface area contributed by atoms with Crippen LogP contribution in [0.25, 0.3) is 0 Å². The fourth-order valence-electron chi connectivity index (χ4n) is 2.12. The number of hydrogen-bond donors (Lipinski definition) is 2. The summed E-state index contributed by atoms with van der Waals surface area (Å²) in [5, 5.41) is 14.8. The van der Waals surface area contributed by atoms with Crippen LogP contribution in [-0.2, 0) is 0 Å². The van der Waals surface area contributed by atoms with Crippen molar-refractivity contribution in [2.75, 3.05) is 38.0 Å². The third-order valence-electron chi connectivity index (χ3n) is 3.08. The van der Waals surface area contributed by atoms with Gasteiger partial charge in [0.05, 0.1) is 0 Å². The van der Waals surface area contributed by atoms with Gasteiger partial charge in [0, 0.05) is 13.1 Å². The third-order valence-corrected chi connectivity index (χ3v) is 3.96. The predicted molar refractivity (Wildman–Crippen MR) is 76.7 cm³/mol. The normalized spacial score (nSPS) is 15.6. The number of carbonyl (C=O) groups is 1. The van der Waals surface area contributed by atoms with Crippen molar-refractivity contribution in [3.05, 3.63) is 5.01 Å². The summed E-state index contributed by atoms with van der Waals surface area (Å²) < 4.78 is 0. The third kappa shape index (κ3) is 4.43. The van der Waals surface area contributed by atoms with E-state index in [1.165, 1.54) is 37.3 Å². The predicted octanol–water partition coefficient (Wildman–Crippen LogP) is 1.19. The molecule has 0 saturated carbocycles. The number of nitrogens with zero attached hydrogens (tertiary/aromatic N) is 3. The molecule has 0 bridgehead atoms. The molecule has 1 aliphatic heterocycles. The van der Waals surface area contributed by atoms with Crippen LogP contribution >= 0.6 is 11.3 Å². The first-order valence-corrected chi connectivity index (χ1v) is 7.69. The van der Waals surface area contributed by atoms with Crippen molar-refractivity contribution in [3.8, 4) is 0 Å². The van der Waals surface area contributed by atoms with Crippen molar-refractivity contribution in [2.45, 2.75) is 26.2 Å². The molecular formula is C12H21N5OS. The molecule has 0 spiro atoms. The zero-order chi connectivity index (χ0) is 13.5. The van der Waals surface area contributed by atoms with Crippen LogP contribution in [0.5, 0.6) is 0 Å². The number of amides is 1. The van der Waals surface area contributed by atoms with Crippen LogP contribution in [0.15, 0.2) is 0 Å². The SMILES string of the molecule is CCNc1nnc(C(=O)NCCCN2CCCC2)s1. The second kappa shape index (κ2) is 7.40. The lowest BCUT2D eigenvalue weighted by Gasteiger charge is -2.13. The summed E-state index contributed by atoms with van der Waals surface area (Å²) >= 11 is 1.29. The van der Waals surface area contributed by atoms with Crippen molar-refractivity contribution in [2.24, 2.45) is 0 Å². The molecule has 1 aliphatic rings. The number of likely N-dealkylation sites (tertiary alicyclic amines) is 1. The highest BCUT2D eigenvalue weighted by Crippen LogP contribution is 2.14. The summed E-state index contributed by atoms with van der Waals surface area (Å²) in [6, 6.07) is 0. The molecule has 1 aromatic rings. The monoisotopic (exact) mass is 283 g/mol. The maximum atomic E-state index is 11.8. The molecule has 2 N–H and O–H groups in total. The largest absolute Gasteiger partial charge is 0.360 e. The Labute approximate surface area is 117 Å². The average molecular weight is 283 g/mol. The van der Waals surface area contributed by atoms with E-state index >= 15 is 0 Å². The Morgan fingerprint density at radius 3 is 2.89 bits per heavy atom. The zero-order valence-corrected chi connectivity index (χ0v) is 12.1. The number of nitrogens with one attached hydrogen (secondary N) is 2. The molecular weight excluding hydrogens is 262 g/mol. The molecule has 1 fully saturated rings. The minimum atomic E-state index is -0.122. The number of rotatable bonds is 7. The molecule has 1 aromatic heterocycles. The highest BCUT2D eigenvalue weighted by molar-refractivity contribution is 7.17. The van der Waals surface area contributed by atoms with Gasteiger partial charge < -0.3 is 15.5 Å². The molecule has 2 heterocycles. The van der Waals surface area contributed by atoms with Crippen LogP contribution in [0, 0.1) is 0 Å². The van der Waals surface area contributed by atoms with E-state index in [9.17, 15) is 4.79 Å². The topological polar surface area (TPSA) is 70.1 Å². The fraction of sp³-hybridized carbons (Fsp3) is 0.750. The highest BCUT2D eigenvalue weighted by atomic mass is 32.1. The first-order valence-electron chi connectivity index (χ1n) is 6.87. The maximum Gasteiger partial charge on any atom is 0.282 e. The van der Waals surface area contributed by atoms with Crippen molar-refractivity contribution in [1.82, 2.24) is 20.4 Å². The van der Waals surface area contributed by atoms with E-state index < -0.39 is 0 Å². The molecule has 7 heteroatoms. The first kappa shape index (κ1) is 14.2. The Morgan fingerprint density at radius 2 is 2.16 bits per heavy atom. The summed E-state index contributed by atoms with van der Waals surface area (Å²) in [6.45, 7) is 6.95. The Morgan fingerprint density at radius 1 is 1.37 bits per heavy atom. The molecule has 1 saturated heterocycles. The summed E-state index contributed by atoms with van der Waals surface area (Å²) in [6.07, 6.45) is 3.61. The number of aromatic nitrogens is 2. The number of hydrogen-bond acceptors (Lipinski definition) is 6. The summed E-state index contributed by atoms with van der Waals surface area (Å²) in [5.74, 6) is -0.122. The van der Waals surface area contributed by atoms with Crippen LogP contribution in [0.1, 0.15) is 36.0 Å². The molecule has 1 amide bonds. The van der Waals surface area contributed by atoms with Gasteiger partial charge >= 0.3 is 0 Å². The molecule has 106 valence electrons. The average Bonchev–Trinajstić information content (AvgIpc) is 3.06.